The molecule has 2 fully saturated rings. The van der Waals surface area contributed by atoms with Crippen LogP contribution < -0.4 is 0 Å². The summed E-state index contributed by atoms with van der Waals surface area (Å²) >= 11 is 6.54. The standard InChI is InChI=1S/C36H59ClO2/c1-3-5-7-9-11-12-14-16-29-18-20-30(21-19-29)31-24-26-34(27-25-31)39-36(38)33-23-22-32(35(37)28-33)17-15-13-10-8-6-4-2/h22-23,28-31,34H,3-21,24-27H2,1-2H3. The second-order valence-corrected chi connectivity index (χ2v) is 13.4. The van der Waals surface area contributed by atoms with Crippen molar-refractivity contribution in [2.75, 3.05) is 0 Å². The first-order chi connectivity index (χ1) is 19.1. The maximum Gasteiger partial charge on any atom is 0.338 e. The fourth-order valence-electron chi connectivity index (χ4n) is 7.21. The first-order valence-electron chi connectivity index (χ1n) is 17.1. The minimum absolute atomic E-state index is 0.0731. The number of esters is 1. The van der Waals surface area contributed by atoms with Gasteiger partial charge in [-0.1, -0.05) is 128 Å². The third-order valence-corrected chi connectivity index (χ3v) is 10.2. The van der Waals surface area contributed by atoms with E-state index in [9.17, 15) is 4.79 Å². The fourth-order valence-corrected chi connectivity index (χ4v) is 7.48. The summed E-state index contributed by atoms with van der Waals surface area (Å²) in [6.45, 7) is 4.55. The van der Waals surface area contributed by atoms with Gasteiger partial charge in [0, 0.05) is 5.02 Å². The van der Waals surface area contributed by atoms with E-state index in [1.54, 1.807) is 0 Å². The van der Waals surface area contributed by atoms with E-state index < -0.39 is 0 Å². The summed E-state index contributed by atoms with van der Waals surface area (Å²) in [5.41, 5.74) is 1.76. The van der Waals surface area contributed by atoms with Gasteiger partial charge >= 0.3 is 5.97 Å². The van der Waals surface area contributed by atoms with Gasteiger partial charge in [0.1, 0.15) is 6.10 Å². The highest BCUT2D eigenvalue weighted by Crippen LogP contribution is 2.41. The molecule has 0 heterocycles. The Morgan fingerprint density at radius 1 is 0.718 bits per heavy atom. The van der Waals surface area contributed by atoms with Gasteiger partial charge in [-0.05, 0) is 86.8 Å². The van der Waals surface area contributed by atoms with E-state index in [0.29, 0.717) is 10.6 Å². The zero-order chi connectivity index (χ0) is 27.7. The van der Waals surface area contributed by atoms with Gasteiger partial charge < -0.3 is 4.74 Å². The molecular formula is C36H59ClO2. The van der Waals surface area contributed by atoms with Gasteiger partial charge in [-0.15, -0.1) is 0 Å². The molecule has 222 valence electrons. The van der Waals surface area contributed by atoms with Crippen molar-refractivity contribution in [2.45, 2.75) is 168 Å². The van der Waals surface area contributed by atoms with Crippen molar-refractivity contribution in [3.8, 4) is 0 Å². The number of hydrogen-bond donors (Lipinski definition) is 0. The maximum absolute atomic E-state index is 12.8. The predicted octanol–water partition coefficient (Wildman–Crippen LogP) is 11.9. The second-order valence-electron chi connectivity index (χ2n) is 13.0. The highest BCUT2D eigenvalue weighted by Gasteiger charge is 2.32. The van der Waals surface area contributed by atoms with Gasteiger partial charge in [-0.3, -0.25) is 0 Å². The maximum atomic E-state index is 12.8. The van der Waals surface area contributed by atoms with Gasteiger partial charge in [-0.25, -0.2) is 4.79 Å². The molecule has 0 aromatic heterocycles. The van der Waals surface area contributed by atoms with E-state index in [1.165, 1.54) is 122 Å². The Bertz CT molecular complexity index is 789. The molecule has 2 aliphatic rings. The molecule has 0 N–H and O–H groups in total. The Morgan fingerprint density at radius 3 is 1.85 bits per heavy atom. The number of aryl methyl sites for hydroxylation is 1. The van der Waals surface area contributed by atoms with Crippen LogP contribution in [-0.2, 0) is 11.2 Å². The van der Waals surface area contributed by atoms with E-state index >= 15 is 0 Å². The van der Waals surface area contributed by atoms with Crippen LogP contribution in [0.2, 0.25) is 5.02 Å². The number of unbranched alkanes of at least 4 members (excludes halogenated alkanes) is 11. The predicted molar refractivity (Wildman–Crippen MR) is 168 cm³/mol. The van der Waals surface area contributed by atoms with Crippen LogP contribution in [0.3, 0.4) is 0 Å². The normalized spacial score (nSPS) is 23.6. The summed E-state index contributed by atoms with van der Waals surface area (Å²) in [6, 6.07) is 5.77. The van der Waals surface area contributed by atoms with Crippen LogP contribution in [0, 0.1) is 17.8 Å². The first-order valence-corrected chi connectivity index (χ1v) is 17.5. The van der Waals surface area contributed by atoms with E-state index in [2.05, 4.69) is 13.8 Å². The monoisotopic (exact) mass is 558 g/mol. The van der Waals surface area contributed by atoms with Crippen LogP contribution in [-0.4, -0.2) is 12.1 Å². The minimum Gasteiger partial charge on any atom is -0.459 e. The third kappa shape index (κ3) is 12.2. The molecule has 2 nitrogen and oxygen atoms in total. The lowest BCUT2D eigenvalue weighted by molar-refractivity contribution is 0.0109. The smallest absolute Gasteiger partial charge is 0.338 e. The van der Waals surface area contributed by atoms with Gasteiger partial charge in [-0.2, -0.15) is 0 Å². The summed E-state index contributed by atoms with van der Waals surface area (Å²) < 4.78 is 5.95. The molecule has 0 spiro atoms. The van der Waals surface area contributed by atoms with E-state index in [4.69, 9.17) is 16.3 Å². The van der Waals surface area contributed by atoms with Crippen LogP contribution in [0.15, 0.2) is 18.2 Å². The van der Waals surface area contributed by atoms with E-state index in [0.717, 1.165) is 49.0 Å². The lowest BCUT2D eigenvalue weighted by Gasteiger charge is -2.37. The summed E-state index contributed by atoms with van der Waals surface area (Å²) in [4.78, 5) is 12.8. The van der Waals surface area contributed by atoms with Crippen LogP contribution >= 0.6 is 11.6 Å². The average molecular weight is 559 g/mol. The molecule has 0 atom stereocenters. The summed E-state index contributed by atoms with van der Waals surface area (Å²) in [5, 5.41) is 0.712. The summed E-state index contributed by atoms with van der Waals surface area (Å²) in [5.74, 6) is 2.54. The van der Waals surface area contributed by atoms with Crippen molar-refractivity contribution in [3.05, 3.63) is 34.3 Å². The van der Waals surface area contributed by atoms with Crippen molar-refractivity contribution in [1.82, 2.24) is 0 Å². The van der Waals surface area contributed by atoms with Crippen molar-refractivity contribution < 1.29 is 9.53 Å². The fraction of sp³-hybridized carbons (Fsp3) is 0.806. The topological polar surface area (TPSA) is 26.3 Å². The number of benzene rings is 1. The molecule has 0 aliphatic heterocycles. The van der Waals surface area contributed by atoms with Gasteiger partial charge in [0.05, 0.1) is 5.56 Å². The largest absolute Gasteiger partial charge is 0.459 e. The van der Waals surface area contributed by atoms with E-state index in [1.807, 2.05) is 18.2 Å². The molecule has 3 rings (SSSR count). The minimum atomic E-state index is -0.197. The Kier molecular flexibility index (Phi) is 16.0. The SMILES string of the molecule is CCCCCCCCCC1CCC(C2CCC(OC(=O)c3ccc(CCCCCCCC)c(Cl)c3)CC2)CC1. The molecule has 1 aromatic carbocycles. The summed E-state index contributed by atoms with van der Waals surface area (Å²) in [7, 11) is 0. The molecule has 39 heavy (non-hydrogen) atoms. The Morgan fingerprint density at radius 2 is 1.26 bits per heavy atom. The average Bonchev–Trinajstić information content (AvgIpc) is 2.96. The number of hydrogen-bond acceptors (Lipinski definition) is 2. The number of ether oxygens (including phenoxy) is 1. The van der Waals surface area contributed by atoms with Gasteiger partial charge in [0.25, 0.3) is 0 Å². The quantitative estimate of drug-likeness (QED) is 0.132. The molecule has 0 saturated heterocycles. The molecule has 0 radical (unpaired) electrons. The molecule has 1 aromatic rings. The first kappa shape index (κ1) is 32.5. The molecule has 0 bridgehead atoms. The zero-order valence-electron chi connectivity index (χ0n) is 25.5. The second kappa shape index (κ2) is 19.2. The zero-order valence-corrected chi connectivity index (χ0v) is 26.3. The highest BCUT2D eigenvalue weighted by molar-refractivity contribution is 6.31. The summed E-state index contributed by atoms with van der Waals surface area (Å²) in [6.07, 6.45) is 30.4. The number of rotatable bonds is 18. The van der Waals surface area contributed by atoms with Gasteiger partial charge in [0.2, 0.25) is 0 Å². The third-order valence-electron chi connectivity index (χ3n) is 9.86. The number of carbonyl (C=O) groups is 1. The molecule has 3 heteroatoms. The Hall–Kier alpha value is -1.02. The van der Waals surface area contributed by atoms with Gasteiger partial charge in [0.15, 0.2) is 0 Å². The molecule has 0 unspecified atom stereocenters. The van der Waals surface area contributed by atoms with Crippen LogP contribution in [0.25, 0.3) is 0 Å². The molecule has 2 aliphatic carbocycles. The highest BCUT2D eigenvalue weighted by atomic mass is 35.5. The van der Waals surface area contributed by atoms with Crippen molar-refractivity contribution in [3.63, 3.8) is 0 Å². The van der Waals surface area contributed by atoms with E-state index in [-0.39, 0.29) is 12.1 Å². The number of halogens is 1. The Labute approximate surface area is 246 Å². The van der Waals surface area contributed by atoms with Crippen molar-refractivity contribution in [1.29, 1.82) is 0 Å². The molecule has 0 amide bonds. The molecule has 2 saturated carbocycles. The lowest BCUT2D eigenvalue weighted by atomic mass is 9.70. The van der Waals surface area contributed by atoms with Crippen molar-refractivity contribution in [2.24, 2.45) is 17.8 Å². The molecular weight excluding hydrogens is 500 g/mol. The van der Waals surface area contributed by atoms with Crippen molar-refractivity contribution >= 4 is 17.6 Å². The lowest BCUT2D eigenvalue weighted by Crippen LogP contribution is -2.29. The van der Waals surface area contributed by atoms with Crippen LogP contribution in [0.5, 0.6) is 0 Å². The Balaban J connectivity index is 1.28. The van der Waals surface area contributed by atoms with Crippen LogP contribution in [0.4, 0.5) is 0 Å². The van der Waals surface area contributed by atoms with Crippen LogP contribution in [0.1, 0.15) is 171 Å². The number of carbonyl (C=O) groups excluding carboxylic acids is 1.